The van der Waals surface area contributed by atoms with Crippen LogP contribution in [0.5, 0.6) is 5.75 Å². The molecular formula is C18H15ClN2O. The first-order valence-electron chi connectivity index (χ1n) is 6.68. The number of para-hydroxylation sites is 1. The molecule has 3 aromatic rings. The lowest BCUT2D eigenvalue weighted by Gasteiger charge is -2.10. The van der Waals surface area contributed by atoms with Crippen molar-refractivity contribution in [2.75, 3.05) is 7.11 Å². The maximum atomic E-state index is 9.53. The van der Waals surface area contributed by atoms with Gasteiger partial charge in [-0.2, -0.15) is 5.26 Å². The predicted octanol–water partition coefficient (Wildman–Crippen LogP) is 4.51. The summed E-state index contributed by atoms with van der Waals surface area (Å²) in [5, 5.41) is 10.5. The second kappa shape index (κ2) is 6.46. The number of aryl methyl sites for hydroxylation is 1. The lowest BCUT2D eigenvalue weighted by Crippen LogP contribution is -1.96. The van der Waals surface area contributed by atoms with Crippen molar-refractivity contribution in [1.82, 2.24) is 4.98 Å². The normalized spacial score (nSPS) is 9.86. The van der Waals surface area contributed by atoms with Crippen molar-refractivity contribution in [3.8, 4) is 23.1 Å². The summed E-state index contributed by atoms with van der Waals surface area (Å²) in [5.74, 6) is 0.754. The van der Waals surface area contributed by atoms with E-state index in [2.05, 4.69) is 11.1 Å². The number of rotatable bonds is 2. The molecule has 4 heteroatoms. The summed E-state index contributed by atoms with van der Waals surface area (Å²) < 4.78 is 5.26. The summed E-state index contributed by atoms with van der Waals surface area (Å²) in [5.41, 5.74) is 4.06. The number of nitriles is 1. The third-order valence-electron chi connectivity index (χ3n) is 3.61. The van der Waals surface area contributed by atoms with Gasteiger partial charge in [-0.25, -0.2) is 4.98 Å². The molecule has 2 aromatic carbocycles. The molecule has 0 saturated carbocycles. The molecule has 1 heterocycles. The highest BCUT2D eigenvalue weighted by molar-refractivity contribution is 5.88. The van der Waals surface area contributed by atoms with Gasteiger partial charge in [-0.3, -0.25) is 0 Å². The number of aromatic nitrogens is 1. The molecule has 3 nitrogen and oxygen atoms in total. The molecule has 0 aliphatic rings. The SMILES string of the molecule is COc1cccc(-c2nc3ccccc3c(C)c2C#N)c1.Cl. The molecule has 0 bridgehead atoms. The van der Waals surface area contributed by atoms with E-state index in [4.69, 9.17) is 4.74 Å². The maximum Gasteiger partial charge on any atom is 0.119 e. The van der Waals surface area contributed by atoms with Gasteiger partial charge in [0.05, 0.1) is 23.9 Å². The molecule has 0 radical (unpaired) electrons. The zero-order valence-electron chi connectivity index (χ0n) is 12.3. The molecule has 0 spiro atoms. The standard InChI is InChI=1S/C18H14N2O.ClH/c1-12-15-8-3-4-9-17(15)20-18(16(12)11-19)13-6-5-7-14(10-13)21-2;/h3-10H,1-2H3;1H. The number of hydrogen-bond acceptors (Lipinski definition) is 3. The Kier molecular flexibility index (Phi) is 4.65. The van der Waals surface area contributed by atoms with Gasteiger partial charge in [-0.05, 0) is 30.7 Å². The Balaban J connectivity index is 0.00000176. The minimum absolute atomic E-state index is 0. The molecule has 0 N–H and O–H groups in total. The summed E-state index contributed by atoms with van der Waals surface area (Å²) in [6, 6.07) is 17.8. The van der Waals surface area contributed by atoms with E-state index in [1.807, 2.05) is 55.5 Å². The quantitative estimate of drug-likeness (QED) is 0.699. The number of fused-ring (bicyclic) bond motifs is 1. The van der Waals surface area contributed by atoms with Crippen LogP contribution in [0.25, 0.3) is 22.2 Å². The van der Waals surface area contributed by atoms with Crippen molar-refractivity contribution in [1.29, 1.82) is 5.26 Å². The Hall–Kier alpha value is -2.57. The first-order chi connectivity index (χ1) is 10.2. The van der Waals surface area contributed by atoms with E-state index in [1.165, 1.54) is 0 Å². The summed E-state index contributed by atoms with van der Waals surface area (Å²) >= 11 is 0. The Morgan fingerprint density at radius 3 is 2.59 bits per heavy atom. The van der Waals surface area contributed by atoms with Gasteiger partial charge in [0.15, 0.2) is 0 Å². The van der Waals surface area contributed by atoms with Crippen LogP contribution in [0.2, 0.25) is 0 Å². The number of benzene rings is 2. The zero-order valence-corrected chi connectivity index (χ0v) is 13.1. The van der Waals surface area contributed by atoms with E-state index in [0.717, 1.165) is 27.8 Å². The van der Waals surface area contributed by atoms with Gasteiger partial charge in [-0.15, -0.1) is 12.4 Å². The van der Waals surface area contributed by atoms with Gasteiger partial charge in [0.25, 0.3) is 0 Å². The van der Waals surface area contributed by atoms with Gasteiger partial charge < -0.3 is 4.74 Å². The first kappa shape index (κ1) is 15.8. The molecule has 0 atom stereocenters. The highest BCUT2D eigenvalue weighted by Gasteiger charge is 2.13. The highest BCUT2D eigenvalue weighted by atomic mass is 35.5. The van der Waals surface area contributed by atoms with Crippen molar-refractivity contribution in [2.45, 2.75) is 6.92 Å². The van der Waals surface area contributed by atoms with Crippen LogP contribution in [0, 0.1) is 18.3 Å². The Bertz CT molecular complexity index is 869. The minimum atomic E-state index is 0. The van der Waals surface area contributed by atoms with E-state index in [1.54, 1.807) is 7.11 Å². The van der Waals surface area contributed by atoms with Gasteiger partial charge in [0.2, 0.25) is 0 Å². The third-order valence-corrected chi connectivity index (χ3v) is 3.61. The van der Waals surface area contributed by atoms with Crippen LogP contribution in [0.4, 0.5) is 0 Å². The van der Waals surface area contributed by atoms with Crippen LogP contribution in [0.1, 0.15) is 11.1 Å². The van der Waals surface area contributed by atoms with Crippen molar-refractivity contribution in [3.63, 3.8) is 0 Å². The molecule has 0 unspecified atom stereocenters. The number of nitrogens with zero attached hydrogens (tertiary/aromatic N) is 2. The van der Waals surface area contributed by atoms with Crippen LogP contribution in [0.15, 0.2) is 48.5 Å². The predicted molar refractivity (Wildman–Crippen MR) is 90.4 cm³/mol. The number of halogens is 1. The summed E-state index contributed by atoms with van der Waals surface area (Å²) in [4.78, 5) is 4.67. The van der Waals surface area contributed by atoms with Gasteiger partial charge in [-0.1, -0.05) is 30.3 Å². The van der Waals surface area contributed by atoms with E-state index in [9.17, 15) is 5.26 Å². The van der Waals surface area contributed by atoms with E-state index in [-0.39, 0.29) is 12.4 Å². The zero-order chi connectivity index (χ0) is 14.8. The van der Waals surface area contributed by atoms with Crippen molar-refractivity contribution < 1.29 is 4.74 Å². The third kappa shape index (κ3) is 2.61. The Morgan fingerprint density at radius 1 is 1.09 bits per heavy atom. The Morgan fingerprint density at radius 2 is 1.86 bits per heavy atom. The molecule has 110 valence electrons. The Labute approximate surface area is 135 Å². The highest BCUT2D eigenvalue weighted by Crippen LogP contribution is 2.30. The number of hydrogen-bond donors (Lipinski definition) is 0. The lowest BCUT2D eigenvalue weighted by atomic mass is 9.98. The molecule has 22 heavy (non-hydrogen) atoms. The topological polar surface area (TPSA) is 45.9 Å². The van der Waals surface area contributed by atoms with E-state index in [0.29, 0.717) is 11.3 Å². The fraction of sp³-hybridized carbons (Fsp3) is 0.111. The first-order valence-corrected chi connectivity index (χ1v) is 6.68. The lowest BCUT2D eigenvalue weighted by molar-refractivity contribution is 0.415. The average molecular weight is 311 g/mol. The molecule has 0 fully saturated rings. The van der Waals surface area contributed by atoms with E-state index < -0.39 is 0 Å². The second-order valence-corrected chi connectivity index (χ2v) is 4.82. The van der Waals surface area contributed by atoms with Crippen molar-refractivity contribution in [2.24, 2.45) is 0 Å². The number of ether oxygens (including phenoxy) is 1. The smallest absolute Gasteiger partial charge is 0.119 e. The molecule has 0 saturated heterocycles. The minimum Gasteiger partial charge on any atom is -0.497 e. The van der Waals surface area contributed by atoms with Gasteiger partial charge >= 0.3 is 0 Å². The van der Waals surface area contributed by atoms with Crippen LogP contribution in [-0.2, 0) is 0 Å². The monoisotopic (exact) mass is 310 g/mol. The van der Waals surface area contributed by atoms with Crippen LogP contribution in [-0.4, -0.2) is 12.1 Å². The molecule has 0 aliphatic carbocycles. The number of pyridine rings is 1. The second-order valence-electron chi connectivity index (χ2n) is 4.82. The average Bonchev–Trinajstić information content (AvgIpc) is 2.55. The largest absolute Gasteiger partial charge is 0.497 e. The fourth-order valence-corrected chi connectivity index (χ4v) is 2.49. The fourth-order valence-electron chi connectivity index (χ4n) is 2.49. The summed E-state index contributed by atoms with van der Waals surface area (Å²) in [6.45, 7) is 1.96. The number of methoxy groups -OCH3 is 1. The molecule has 3 rings (SSSR count). The summed E-state index contributed by atoms with van der Waals surface area (Å²) in [6.07, 6.45) is 0. The summed E-state index contributed by atoms with van der Waals surface area (Å²) in [7, 11) is 1.63. The molecule has 0 aliphatic heterocycles. The maximum absolute atomic E-state index is 9.53. The molecule has 0 amide bonds. The van der Waals surface area contributed by atoms with Crippen LogP contribution in [0.3, 0.4) is 0 Å². The molecular weight excluding hydrogens is 296 g/mol. The van der Waals surface area contributed by atoms with Crippen molar-refractivity contribution in [3.05, 3.63) is 59.7 Å². The van der Waals surface area contributed by atoms with Crippen LogP contribution < -0.4 is 4.74 Å². The van der Waals surface area contributed by atoms with Gasteiger partial charge in [0.1, 0.15) is 11.8 Å². The van der Waals surface area contributed by atoms with Gasteiger partial charge in [0, 0.05) is 10.9 Å². The van der Waals surface area contributed by atoms with Crippen molar-refractivity contribution >= 4 is 23.3 Å². The van der Waals surface area contributed by atoms with E-state index >= 15 is 0 Å². The molecule has 1 aromatic heterocycles. The van der Waals surface area contributed by atoms with Crippen LogP contribution >= 0.6 is 12.4 Å².